The van der Waals surface area contributed by atoms with Gasteiger partial charge in [-0.05, 0) is 48.0 Å². The summed E-state index contributed by atoms with van der Waals surface area (Å²) in [6.07, 6.45) is 4.60. The fourth-order valence-corrected chi connectivity index (χ4v) is 3.09. The minimum Gasteiger partial charge on any atom is -0.325 e. The molecule has 0 saturated heterocycles. The molecule has 0 atom stereocenters. The molecule has 0 radical (unpaired) electrons. The Hall–Kier alpha value is -4.14. The summed E-state index contributed by atoms with van der Waals surface area (Å²) in [7, 11) is 0. The number of carbonyl (C=O) groups is 1. The topological polar surface area (TPSA) is 98.9 Å². The number of amides is 1. The van der Waals surface area contributed by atoms with Gasteiger partial charge in [0.1, 0.15) is 12.4 Å². The average Bonchev–Trinajstić information content (AvgIpc) is 2.76. The molecule has 0 spiro atoms. The SMILES string of the molecule is O=C(Cn1c(=O)n(Cc2cccnc2)c(=O)c2ncccc21)Nc1ccc(F)cc1. The van der Waals surface area contributed by atoms with E-state index < -0.39 is 23.0 Å². The van der Waals surface area contributed by atoms with Crippen molar-refractivity contribution in [2.24, 2.45) is 0 Å². The third kappa shape index (κ3) is 3.86. The Morgan fingerprint density at radius 1 is 1.00 bits per heavy atom. The molecule has 0 bridgehead atoms. The lowest BCUT2D eigenvalue weighted by Crippen LogP contribution is -2.42. The summed E-state index contributed by atoms with van der Waals surface area (Å²) < 4.78 is 15.3. The Bertz CT molecular complexity index is 1330. The number of hydrogen-bond donors (Lipinski definition) is 1. The number of halogens is 1. The number of rotatable bonds is 5. The van der Waals surface area contributed by atoms with Crippen LogP contribution < -0.4 is 16.6 Å². The third-order valence-electron chi connectivity index (χ3n) is 4.48. The molecular weight excluding hydrogens is 389 g/mol. The number of fused-ring (bicyclic) bond motifs is 1. The first kappa shape index (κ1) is 19.2. The van der Waals surface area contributed by atoms with Crippen LogP contribution in [-0.4, -0.2) is 25.0 Å². The average molecular weight is 405 g/mol. The van der Waals surface area contributed by atoms with E-state index in [0.29, 0.717) is 11.3 Å². The molecule has 0 aliphatic rings. The van der Waals surface area contributed by atoms with Gasteiger partial charge in [0.2, 0.25) is 5.91 Å². The number of aromatic nitrogens is 4. The zero-order chi connectivity index (χ0) is 21.1. The van der Waals surface area contributed by atoms with Gasteiger partial charge in [0.15, 0.2) is 5.52 Å². The van der Waals surface area contributed by atoms with E-state index in [9.17, 15) is 18.8 Å². The molecule has 0 unspecified atom stereocenters. The predicted molar refractivity (Wildman–Crippen MR) is 109 cm³/mol. The smallest absolute Gasteiger partial charge is 0.325 e. The van der Waals surface area contributed by atoms with Gasteiger partial charge in [0.05, 0.1) is 12.1 Å². The lowest BCUT2D eigenvalue weighted by molar-refractivity contribution is -0.116. The first-order valence-corrected chi connectivity index (χ1v) is 9.05. The Labute approximate surface area is 169 Å². The van der Waals surface area contributed by atoms with Gasteiger partial charge in [0.25, 0.3) is 5.56 Å². The van der Waals surface area contributed by atoms with Crippen LogP contribution in [0.15, 0.2) is 76.7 Å². The van der Waals surface area contributed by atoms with Crippen molar-refractivity contribution in [3.8, 4) is 0 Å². The van der Waals surface area contributed by atoms with Crippen LogP contribution in [0, 0.1) is 5.82 Å². The molecule has 150 valence electrons. The molecule has 0 aliphatic carbocycles. The van der Waals surface area contributed by atoms with Gasteiger partial charge in [-0.1, -0.05) is 6.07 Å². The zero-order valence-corrected chi connectivity index (χ0v) is 15.7. The van der Waals surface area contributed by atoms with E-state index in [1.54, 1.807) is 36.7 Å². The van der Waals surface area contributed by atoms with Gasteiger partial charge in [-0.15, -0.1) is 0 Å². The van der Waals surface area contributed by atoms with Crippen LogP contribution in [-0.2, 0) is 17.9 Å². The number of hydrogen-bond acceptors (Lipinski definition) is 5. The van der Waals surface area contributed by atoms with Crippen molar-refractivity contribution in [1.82, 2.24) is 19.1 Å². The van der Waals surface area contributed by atoms with Crippen molar-refractivity contribution >= 4 is 22.6 Å². The summed E-state index contributed by atoms with van der Waals surface area (Å²) in [6.45, 7) is -0.344. The molecule has 3 heterocycles. The minimum atomic E-state index is -0.640. The highest BCUT2D eigenvalue weighted by Crippen LogP contribution is 2.10. The first-order valence-electron chi connectivity index (χ1n) is 9.05. The van der Waals surface area contributed by atoms with Crippen LogP contribution in [0.1, 0.15) is 5.56 Å². The summed E-state index contributed by atoms with van der Waals surface area (Å²) in [5.41, 5.74) is 0.197. The minimum absolute atomic E-state index is 0.00238. The molecule has 0 saturated carbocycles. The van der Waals surface area contributed by atoms with Crippen molar-refractivity contribution < 1.29 is 9.18 Å². The maximum Gasteiger partial charge on any atom is 0.332 e. The predicted octanol–water partition coefficient (Wildman–Crippen LogP) is 1.78. The maximum absolute atomic E-state index is 13.1. The molecule has 1 aromatic carbocycles. The van der Waals surface area contributed by atoms with Crippen molar-refractivity contribution in [3.63, 3.8) is 0 Å². The fourth-order valence-electron chi connectivity index (χ4n) is 3.09. The Morgan fingerprint density at radius 2 is 1.77 bits per heavy atom. The van der Waals surface area contributed by atoms with Crippen LogP contribution in [0.5, 0.6) is 0 Å². The van der Waals surface area contributed by atoms with E-state index in [1.807, 2.05) is 0 Å². The highest BCUT2D eigenvalue weighted by molar-refractivity contribution is 5.91. The van der Waals surface area contributed by atoms with Crippen LogP contribution >= 0.6 is 0 Å². The second-order valence-electron chi connectivity index (χ2n) is 6.55. The van der Waals surface area contributed by atoms with Gasteiger partial charge >= 0.3 is 5.69 Å². The second kappa shape index (κ2) is 8.08. The molecule has 8 nitrogen and oxygen atoms in total. The number of anilines is 1. The Balaban J connectivity index is 1.74. The maximum atomic E-state index is 13.1. The van der Waals surface area contributed by atoms with Crippen LogP contribution in [0.3, 0.4) is 0 Å². The number of pyridine rings is 2. The molecular formula is C21H16FN5O3. The highest BCUT2D eigenvalue weighted by Gasteiger charge is 2.16. The quantitative estimate of drug-likeness (QED) is 0.546. The third-order valence-corrected chi connectivity index (χ3v) is 4.48. The van der Waals surface area contributed by atoms with Crippen LogP contribution in [0.4, 0.5) is 10.1 Å². The highest BCUT2D eigenvalue weighted by atomic mass is 19.1. The second-order valence-corrected chi connectivity index (χ2v) is 6.55. The van der Waals surface area contributed by atoms with E-state index >= 15 is 0 Å². The Kier molecular flexibility index (Phi) is 5.17. The molecule has 1 N–H and O–H groups in total. The molecule has 9 heteroatoms. The lowest BCUT2D eigenvalue weighted by Gasteiger charge is -2.13. The van der Waals surface area contributed by atoms with E-state index in [2.05, 4.69) is 15.3 Å². The fraction of sp³-hybridized carbons (Fsp3) is 0.0952. The number of benzene rings is 1. The standard InChI is InChI=1S/C21H16FN5O3/c22-15-5-7-16(8-6-15)25-18(28)13-26-17-4-2-10-24-19(17)20(29)27(21(26)30)12-14-3-1-9-23-11-14/h1-11H,12-13H2,(H,25,28). The monoisotopic (exact) mass is 405 g/mol. The van der Waals surface area contributed by atoms with Crippen LogP contribution in [0.2, 0.25) is 0 Å². The number of nitrogens with zero attached hydrogens (tertiary/aromatic N) is 4. The molecule has 30 heavy (non-hydrogen) atoms. The summed E-state index contributed by atoms with van der Waals surface area (Å²) in [5, 5.41) is 2.61. The summed E-state index contributed by atoms with van der Waals surface area (Å²) in [6, 6.07) is 11.9. The van der Waals surface area contributed by atoms with E-state index in [1.165, 1.54) is 35.0 Å². The van der Waals surface area contributed by atoms with Crippen molar-refractivity contribution in [3.05, 3.63) is 99.3 Å². The number of nitrogens with one attached hydrogen (secondary N) is 1. The molecule has 4 rings (SSSR count). The zero-order valence-electron chi connectivity index (χ0n) is 15.7. The molecule has 3 aromatic heterocycles. The summed E-state index contributed by atoms with van der Waals surface area (Å²) in [4.78, 5) is 46.6. The van der Waals surface area contributed by atoms with E-state index in [0.717, 1.165) is 4.57 Å². The number of carbonyl (C=O) groups excluding carboxylic acids is 1. The molecule has 1 amide bonds. The van der Waals surface area contributed by atoms with Gasteiger partial charge in [-0.2, -0.15) is 0 Å². The van der Waals surface area contributed by atoms with E-state index in [4.69, 9.17) is 0 Å². The van der Waals surface area contributed by atoms with Crippen molar-refractivity contribution in [2.45, 2.75) is 13.1 Å². The largest absolute Gasteiger partial charge is 0.332 e. The lowest BCUT2D eigenvalue weighted by atomic mass is 10.2. The van der Waals surface area contributed by atoms with Gasteiger partial charge in [-0.25, -0.2) is 14.2 Å². The molecule has 4 aromatic rings. The normalized spacial score (nSPS) is 10.8. The summed E-state index contributed by atoms with van der Waals surface area (Å²) in [5.74, 6) is -0.927. The van der Waals surface area contributed by atoms with Gasteiger partial charge < -0.3 is 5.32 Å². The van der Waals surface area contributed by atoms with Gasteiger partial charge in [-0.3, -0.25) is 23.7 Å². The summed E-state index contributed by atoms with van der Waals surface area (Å²) >= 11 is 0. The van der Waals surface area contributed by atoms with Crippen LogP contribution in [0.25, 0.3) is 11.0 Å². The Morgan fingerprint density at radius 3 is 2.50 bits per heavy atom. The molecule has 0 fully saturated rings. The molecule has 0 aliphatic heterocycles. The van der Waals surface area contributed by atoms with Crippen molar-refractivity contribution in [1.29, 1.82) is 0 Å². The first-order chi connectivity index (χ1) is 14.5. The van der Waals surface area contributed by atoms with Gasteiger partial charge in [0, 0.05) is 24.3 Å². The van der Waals surface area contributed by atoms with Crippen molar-refractivity contribution in [2.75, 3.05) is 5.32 Å². The van der Waals surface area contributed by atoms with E-state index in [-0.39, 0.29) is 24.1 Å².